The van der Waals surface area contributed by atoms with E-state index in [2.05, 4.69) is 10.2 Å². The number of halogens is 1. The van der Waals surface area contributed by atoms with E-state index in [1.54, 1.807) is 4.31 Å². The Morgan fingerprint density at radius 2 is 2.29 bits per heavy atom. The van der Waals surface area contributed by atoms with Gasteiger partial charge in [0.05, 0.1) is 12.1 Å². The topological polar surface area (TPSA) is 66.1 Å². The van der Waals surface area contributed by atoms with Crippen LogP contribution in [0.5, 0.6) is 0 Å². The Hall–Kier alpha value is -0.590. The highest BCUT2D eigenvalue weighted by molar-refractivity contribution is 7.89. The Morgan fingerprint density at radius 1 is 1.59 bits per heavy atom. The van der Waals surface area contributed by atoms with Crippen LogP contribution in [0.3, 0.4) is 0 Å². The summed E-state index contributed by atoms with van der Waals surface area (Å²) >= 11 is 5.71. The van der Waals surface area contributed by atoms with Gasteiger partial charge < -0.3 is 0 Å². The molecule has 1 heterocycles. The van der Waals surface area contributed by atoms with Gasteiger partial charge in [0.2, 0.25) is 0 Å². The molecule has 1 aliphatic carbocycles. The monoisotopic (exact) mass is 277 g/mol. The van der Waals surface area contributed by atoms with Gasteiger partial charge in [-0.3, -0.25) is 5.10 Å². The molecule has 2 rings (SSSR count). The molecule has 1 aromatic heterocycles. The summed E-state index contributed by atoms with van der Waals surface area (Å²) in [6.07, 6.45) is 4.17. The lowest BCUT2D eigenvalue weighted by molar-refractivity contribution is 0.401. The molecule has 1 saturated carbocycles. The molecule has 0 unspecified atom stereocenters. The lowest BCUT2D eigenvalue weighted by Crippen LogP contribution is -2.34. The smallest absolute Gasteiger partial charge is 0.260 e. The number of alkyl halides is 1. The number of hydrogen-bond donors (Lipinski definition) is 1. The van der Waals surface area contributed by atoms with Gasteiger partial charge in [0.25, 0.3) is 10.0 Å². The molecule has 0 amide bonds. The second kappa shape index (κ2) is 4.96. The summed E-state index contributed by atoms with van der Waals surface area (Å²) in [5.41, 5.74) is 0.536. The van der Waals surface area contributed by atoms with Gasteiger partial charge in [0.1, 0.15) is 0 Å². The molecule has 0 spiro atoms. The first-order chi connectivity index (χ1) is 8.11. The number of aromatic nitrogens is 2. The zero-order valence-corrected chi connectivity index (χ0v) is 11.3. The van der Waals surface area contributed by atoms with Crippen molar-refractivity contribution in [1.29, 1.82) is 0 Å². The molecule has 1 N–H and O–H groups in total. The van der Waals surface area contributed by atoms with Crippen molar-refractivity contribution in [1.82, 2.24) is 14.5 Å². The molecular formula is C10H16ClN3O2S. The minimum atomic E-state index is -3.47. The van der Waals surface area contributed by atoms with Gasteiger partial charge in [0.15, 0.2) is 5.03 Å². The van der Waals surface area contributed by atoms with Crippen molar-refractivity contribution in [3.05, 3.63) is 11.8 Å². The van der Waals surface area contributed by atoms with E-state index in [0.717, 1.165) is 19.3 Å². The second-order valence-electron chi connectivity index (χ2n) is 4.20. The predicted octanol–water partition coefficient (Wildman–Crippen LogP) is 1.71. The molecule has 1 fully saturated rings. The molecular weight excluding hydrogens is 262 g/mol. The lowest BCUT2D eigenvalue weighted by Gasteiger charge is -2.20. The van der Waals surface area contributed by atoms with Crippen LogP contribution in [0.25, 0.3) is 0 Å². The summed E-state index contributed by atoms with van der Waals surface area (Å²) in [5, 5.41) is 6.47. The first kappa shape index (κ1) is 12.9. The van der Waals surface area contributed by atoms with Gasteiger partial charge in [-0.25, -0.2) is 8.42 Å². The van der Waals surface area contributed by atoms with Crippen LogP contribution in [-0.4, -0.2) is 35.5 Å². The third kappa shape index (κ3) is 2.48. The quantitative estimate of drug-likeness (QED) is 0.805. The molecule has 1 aliphatic rings. The minimum absolute atomic E-state index is 0.146. The summed E-state index contributed by atoms with van der Waals surface area (Å²) in [7, 11) is -3.47. The van der Waals surface area contributed by atoms with Crippen LogP contribution in [0.15, 0.2) is 11.2 Å². The van der Waals surface area contributed by atoms with Crippen molar-refractivity contribution in [2.24, 2.45) is 0 Å². The Kier molecular flexibility index (Phi) is 3.75. The van der Waals surface area contributed by atoms with Crippen molar-refractivity contribution >= 4 is 21.6 Å². The number of nitrogens with zero attached hydrogens (tertiary/aromatic N) is 2. The summed E-state index contributed by atoms with van der Waals surface area (Å²) in [5.74, 6) is 0.149. The van der Waals surface area contributed by atoms with Gasteiger partial charge in [-0.2, -0.15) is 9.40 Å². The number of rotatable bonds is 6. The van der Waals surface area contributed by atoms with Crippen LogP contribution >= 0.6 is 11.6 Å². The molecule has 0 saturated heterocycles. The van der Waals surface area contributed by atoms with Crippen molar-refractivity contribution in [3.63, 3.8) is 0 Å². The fraction of sp³-hybridized carbons (Fsp3) is 0.700. The van der Waals surface area contributed by atoms with E-state index >= 15 is 0 Å². The summed E-state index contributed by atoms with van der Waals surface area (Å²) in [6.45, 7) is 2.52. The zero-order valence-electron chi connectivity index (χ0n) is 9.69. The highest BCUT2D eigenvalue weighted by Crippen LogP contribution is 2.32. The SMILES string of the molecule is CCCN(C1CC1)S(=O)(=O)c1[nH]ncc1CCl. The van der Waals surface area contributed by atoms with E-state index in [0.29, 0.717) is 12.1 Å². The maximum Gasteiger partial charge on any atom is 0.260 e. The molecule has 0 bridgehead atoms. The number of hydrogen-bond acceptors (Lipinski definition) is 3. The average molecular weight is 278 g/mol. The van der Waals surface area contributed by atoms with E-state index < -0.39 is 10.0 Å². The average Bonchev–Trinajstić information content (AvgIpc) is 3.00. The van der Waals surface area contributed by atoms with Crippen LogP contribution < -0.4 is 0 Å². The standard InChI is InChI=1S/C10H16ClN3O2S/c1-2-5-14(9-3-4-9)17(15,16)10-8(6-11)7-12-13-10/h7,9H,2-6H2,1H3,(H,12,13). The highest BCUT2D eigenvalue weighted by atomic mass is 35.5. The maximum absolute atomic E-state index is 12.4. The first-order valence-corrected chi connectivity index (χ1v) is 7.68. The zero-order chi connectivity index (χ0) is 12.5. The van der Waals surface area contributed by atoms with Gasteiger partial charge >= 0.3 is 0 Å². The highest BCUT2D eigenvalue weighted by Gasteiger charge is 2.39. The molecule has 0 aliphatic heterocycles. The number of H-pyrrole nitrogens is 1. The normalized spacial score (nSPS) is 16.6. The van der Waals surface area contributed by atoms with E-state index in [-0.39, 0.29) is 16.9 Å². The van der Waals surface area contributed by atoms with Gasteiger partial charge in [-0.1, -0.05) is 6.92 Å². The molecule has 0 radical (unpaired) electrons. The number of nitrogens with one attached hydrogen (secondary N) is 1. The van der Waals surface area contributed by atoms with Gasteiger partial charge in [-0.15, -0.1) is 11.6 Å². The van der Waals surface area contributed by atoms with Crippen LogP contribution in [0.4, 0.5) is 0 Å². The fourth-order valence-corrected chi connectivity index (χ4v) is 3.98. The van der Waals surface area contributed by atoms with Crippen LogP contribution in [-0.2, 0) is 15.9 Å². The van der Waals surface area contributed by atoms with E-state index in [4.69, 9.17) is 11.6 Å². The van der Waals surface area contributed by atoms with Crippen molar-refractivity contribution in [3.8, 4) is 0 Å². The van der Waals surface area contributed by atoms with Gasteiger partial charge in [-0.05, 0) is 19.3 Å². The Balaban J connectivity index is 2.33. The van der Waals surface area contributed by atoms with Crippen molar-refractivity contribution < 1.29 is 8.42 Å². The molecule has 0 aromatic carbocycles. The van der Waals surface area contributed by atoms with Crippen molar-refractivity contribution in [2.45, 2.75) is 43.1 Å². The van der Waals surface area contributed by atoms with Crippen molar-refractivity contribution in [2.75, 3.05) is 6.54 Å². The van der Waals surface area contributed by atoms with E-state index in [9.17, 15) is 8.42 Å². The molecule has 5 nitrogen and oxygen atoms in total. The third-order valence-corrected chi connectivity index (χ3v) is 5.04. The van der Waals surface area contributed by atoms with Crippen LogP contribution in [0, 0.1) is 0 Å². The molecule has 7 heteroatoms. The van der Waals surface area contributed by atoms with Crippen LogP contribution in [0.2, 0.25) is 0 Å². The predicted molar refractivity (Wildman–Crippen MR) is 65.3 cm³/mol. The Morgan fingerprint density at radius 3 is 2.82 bits per heavy atom. The fourth-order valence-electron chi connectivity index (χ4n) is 1.82. The molecule has 17 heavy (non-hydrogen) atoms. The van der Waals surface area contributed by atoms with Crippen LogP contribution in [0.1, 0.15) is 31.7 Å². The molecule has 1 aromatic rings. The lowest BCUT2D eigenvalue weighted by atomic mass is 10.4. The molecule has 96 valence electrons. The summed E-state index contributed by atoms with van der Waals surface area (Å²) in [4.78, 5) is 0. The summed E-state index contributed by atoms with van der Waals surface area (Å²) in [6, 6.07) is 0.159. The van der Waals surface area contributed by atoms with Gasteiger partial charge in [0, 0.05) is 18.2 Å². The minimum Gasteiger partial charge on any atom is -0.266 e. The Bertz CT molecular complexity index is 481. The van der Waals surface area contributed by atoms with E-state index in [1.807, 2.05) is 6.92 Å². The molecule has 0 atom stereocenters. The maximum atomic E-state index is 12.4. The number of aromatic amines is 1. The second-order valence-corrected chi connectivity index (χ2v) is 6.30. The van der Waals surface area contributed by atoms with E-state index in [1.165, 1.54) is 6.20 Å². The largest absolute Gasteiger partial charge is 0.266 e. The first-order valence-electron chi connectivity index (χ1n) is 5.71. The third-order valence-electron chi connectivity index (χ3n) is 2.79. The Labute approximate surface area is 106 Å². The number of sulfonamides is 1. The summed E-state index contributed by atoms with van der Waals surface area (Å²) < 4.78 is 26.4.